The fourth-order valence-electron chi connectivity index (χ4n) is 1.61. The van der Waals surface area contributed by atoms with Crippen LogP contribution >= 0.6 is 27.3 Å². The molecule has 2 aromatic rings. The molecule has 0 aliphatic carbocycles. The zero-order valence-corrected chi connectivity index (χ0v) is 11.9. The molecule has 1 heterocycles. The Bertz CT molecular complexity index is 551. The van der Waals surface area contributed by atoms with Gasteiger partial charge < -0.3 is 5.73 Å². The van der Waals surface area contributed by atoms with Crippen molar-refractivity contribution in [1.29, 1.82) is 0 Å². The summed E-state index contributed by atoms with van der Waals surface area (Å²) in [7, 11) is 0. The van der Waals surface area contributed by atoms with E-state index in [1.54, 1.807) is 12.1 Å². The number of hydrogen-bond acceptors (Lipinski definition) is 3. The molecule has 1 aromatic carbocycles. The third-order valence-corrected chi connectivity index (χ3v) is 4.29. The molecular weight excluding hydrogens is 303 g/mol. The largest absolute Gasteiger partial charge is 0.323 e. The molecule has 0 amide bonds. The second kappa shape index (κ2) is 4.84. The van der Waals surface area contributed by atoms with Crippen molar-refractivity contribution in [3.63, 3.8) is 0 Å². The first-order chi connectivity index (χ1) is 7.99. The van der Waals surface area contributed by atoms with E-state index in [1.165, 1.54) is 17.4 Å². The van der Waals surface area contributed by atoms with Crippen LogP contribution < -0.4 is 5.73 Å². The molecule has 1 aromatic heterocycles. The monoisotopic (exact) mass is 314 g/mol. The lowest BCUT2D eigenvalue weighted by atomic mass is 10.2. The number of hydrogen-bond donors (Lipinski definition) is 1. The van der Waals surface area contributed by atoms with E-state index in [9.17, 15) is 4.39 Å². The van der Waals surface area contributed by atoms with Gasteiger partial charge in [0.25, 0.3) is 0 Å². The Labute approximate surface area is 112 Å². The Kier molecular flexibility index (Phi) is 3.61. The van der Waals surface area contributed by atoms with Gasteiger partial charge in [0.15, 0.2) is 0 Å². The summed E-state index contributed by atoms with van der Waals surface area (Å²) in [6.07, 6.45) is 0. The van der Waals surface area contributed by atoms with E-state index >= 15 is 0 Å². The molecule has 0 aliphatic rings. The molecule has 0 spiro atoms. The number of rotatable bonds is 2. The minimum atomic E-state index is -0.266. The zero-order valence-electron chi connectivity index (χ0n) is 9.50. The lowest BCUT2D eigenvalue weighted by Crippen LogP contribution is -2.03. The standard InChI is InChI=1S/C12H12BrFN2S/c1-6(15)11-7(2)16-12(17-11)9-5-8(13)3-4-10(9)14/h3-6H,15H2,1-2H3. The van der Waals surface area contributed by atoms with Crippen molar-refractivity contribution < 1.29 is 4.39 Å². The van der Waals surface area contributed by atoms with Crippen molar-refractivity contribution in [2.75, 3.05) is 0 Å². The summed E-state index contributed by atoms with van der Waals surface area (Å²) in [5.41, 5.74) is 7.23. The number of nitrogens with two attached hydrogens (primary N) is 1. The van der Waals surface area contributed by atoms with Crippen LogP contribution in [-0.2, 0) is 0 Å². The lowest BCUT2D eigenvalue weighted by molar-refractivity contribution is 0.631. The van der Waals surface area contributed by atoms with E-state index in [2.05, 4.69) is 20.9 Å². The molecule has 5 heteroatoms. The summed E-state index contributed by atoms with van der Waals surface area (Å²) in [4.78, 5) is 5.38. The first-order valence-electron chi connectivity index (χ1n) is 5.17. The fourth-order valence-corrected chi connectivity index (χ4v) is 3.00. The average molecular weight is 315 g/mol. The zero-order chi connectivity index (χ0) is 12.6. The highest BCUT2D eigenvalue weighted by Gasteiger charge is 2.15. The molecule has 1 unspecified atom stereocenters. The van der Waals surface area contributed by atoms with Gasteiger partial charge in [-0.3, -0.25) is 0 Å². The van der Waals surface area contributed by atoms with Gasteiger partial charge in [-0.2, -0.15) is 0 Å². The molecule has 0 radical (unpaired) electrons. The Hall–Kier alpha value is -0.780. The molecule has 0 fully saturated rings. The molecular formula is C12H12BrFN2S. The van der Waals surface area contributed by atoms with E-state index in [0.717, 1.165) is 15.0 Å². The topological polar surface area (TPSA) is 38.9 Å². The Morgan fingerprint density at radius 2 is 2.18 bits per heavy atom. The molecule has 0 bridgehead atoms. The first-order valence-corrected chi connectivity index (χ1v) is 6.78. The second-order valence-electron chi connectivity index (χ2n) is 3.88. The maximum Gasteiger partial charge on any atom is 0.133 e. The van der Waals surface area contributed by atoms with Crippen LogP contribution in [-0.4, -0.2) is 4.98 Å². The van der Waals surface area contributed by atoms with Crippen molar-refractivity contribution in [2.45, 2.75) is 19.9 Å². The number of thiazole rings is 1. The predicted octanol–water partition coefficient (Wildman–Crippen LogP) is 4.04. The number of benzene rings is 1. The molecule has 2 N–H and O–H groups in total. The summed E-state index contributed by atoms with van der Waals surface area (Å²) in [6, 6.07) is 4.77. The second-order valence-corrected chi connectivity index (χ2v) is 5.83. The third-order valence-electron chi connectivity index (χ3n) is 2.40. The van der Waals surface area contributed by atoms with E-state index in [1.807, 2.05) is 13.8 Å². The Morgan fingerprint density at radius 3 is 2.76 bits per heavy atom. The maximum atomic E-state index is 13.7. The van der Waals surface area contributed by atoms with Gasteiger partial charge in [-0.25, -0.2) is 9.37 Å². The summed E-state index contributed by atoms with van der Waals surface area (Å²) in [5.74, 6) is -0.266. The van der Waals surface area contributed by atoms with Crippen LogP contribution in [0.1, 0.15) is 23.5 Å². The smallest absolute Gasteiger partial charge is 0.133 e. The molecule has 2 nitrogen and oxygen atoms in total. The van der Waals surface area contributed by atoms with E-state index < -0.39 is 0 Å². The highest BCUT2D eigenvalue weighted by atomic mass is 79.9. The van der Waals surface area contributed by atoms with Crippen molar-refractivity contribution >= 4 is 27.3 Å². The van der Waals surface area contributed by atoms with Crippen LogP contribution in [0.4, 0.5) is 4.39 Å². The molecule has 2 rings (SSSR count). The Morgan fingerprint density at radius 1 is 1.47 bits per heavy atom. The normalized spacial score (nSPS) is 12.8. The van der Waals surface area contributed by atoms with E-state index in [0.29, 0.717) is 10.6 Å². The minimum absolute atomic E-state index is 0.0727. The van der Waals surface area contributed by atoms with Crippen molar-refractivity contribution in [3.05, 3.63) is 39.1 Å². The fraction of sp³-hybridized carbons (Fsp3) is 0.250. The number of nitrogens with zero attached hydrogens (tertiary/aromatic N) is 1. The van der Waals surface area contributed by atoms with Crippen LogP contribution in [0.5, 0.6) is 0 Å². The van der Waals surface area contributed by atoms with Crippen LogP contribution in [0.3, 0.4) is 0 Å². The van der Waals surface area contributed by atoms with Crippen molar-refractivity contribution in [2.24, 2.45) is 5.73 Å². The van der Waals surface area contributed by atoms with Gasteiger partial charge in [0.2, 0.25) is 0 Å². The van der Waals surface area contributed by atoms with Crippen molar-refractivity contribution in [1.82, 2.24) is 4.98 Å². The lowest BCUT2D eigenvalue weighted by Gasteiger charge is -2.00. The van der Waals surface area contributed by atoms with Gasteiger partial charge in [-0.05, 0) is 32.0 Å². The SMILES string of the molecule is Cc1nc(-c2cc(Br)ccc2F)sc1C(C)N. The highest BCUT2D eigenvalue weighted by Crippen LogP contribution is 2.33. The first kappa shape index (κ1) is 12.7. The van der Waals surface area contributed by atoms with Crippen LogP contribution in [0.15, 0.2) is 22.7 Å². The Balaban J connectivity index is 2.53. The van der Waals surface area contributed by atoms with Gasteiger partial charge in [-0.1, -0.05) is 15.9 Å². The highest BCUT2D eigenvalue weighted by molar-refractivity contribution is 9.10. The molecule has 0 aliphatic heterocycles. The predicted molar refractivity (Wildman–Crippen MR) is 72.5 cm³/mol. The van der Waals surface area contributed by atoms with Crippen LogP contribution in [0, 0.1) is 12.7 Å². The molecule has 90 valence electrons. The van der Waals surface area contributed by atoms with Crippen LogP contribution in [0.2, 0.25) is 0 Å². The van der Waals surface area contributed by atoms with Crippen molar-refractivity contribution in [3.8, 4) is 10.6 Å². The third kappa shape index (κ3) is 2.56. The number of aryl methyl sites for hydroxylation is 1. The van der Waals surface area contributed by atoms with Gasteiger partial charge in [0, 0.05) is 21.0 Å². The summed E-state index contributed by atoms with van der Waals surface area (Å²) >= 11 is 4.78. The minimum Gasteiger partial charge on any atom is -0.323 e. The number of halogens is 2. The van der Waals surface area contributed by atoms with E-state index in [-0.39, 0.29) is 11.9 Å². The average Bonchev–Trinajstić information content (AvgIpc) is 2.64. The molecule has 0 saturated heterocycles. The molecule has 17 heavy (non-hydrogen) atoms. The summed E-state index contributed by atoms with van der Waals surface area (Å²) in [5, 5.41) is 0.675. The van der Waals surface area contributed by atoms with Crippen LogP contribution in [0.25, 0.3) is 10.6 Å². The maximum absolute atomic E-state index is 13.7. The molecule has 1 atom stereocenters. The van der Waals surface area contributed by atoms with E-state index in [4.69, 9.17) is 5.73 Å². The summed E-state index contributed by atoms with van der Waals surface area (Å²) < 4.78 is 14.5. The van der Waals surface area contributed by atoms with Gasteiger partial charge >= 0.3 is 0 Å². The van der Waals surface area contributed by atoms with Gasteiger partial charge in [0.1, 0.15) is 10.8 Å². The summed E-state index contributed by atoms with van der Waals surface area (Å²) in [6.45, 7) is 3.80. The quantitative estimate of drug-likeness (QED) is 0.908. The van der Waals surface area contributed by atoms with Gasteiger partial charge in [0.05, 0.1) is 5.69 Å². The molecule has 0 saturated carbocycles. The van der Waals surface area contributed by atoms with Gasteiger partial charge in [-0.15, -0.1) is 11.3 Å². The number of aromatic nitrogens is 1.